The maximum atomic E-state index is 13.2. The number of anilines is 1. The van der Waals surface area contributed by atoms with E-state index < -0.39 is 21.7 Å². The molecule has 3 aromatic rings. The van der Waals surface area contributed by atoms with Crippen LogP contribution in [0.5, 0.6) is 0 Å². The zero-order valence-corrected chi connectivity index (χ0v) is 15.1. The van der Waals surface area contributed by atoms with Crippen molar-refractivity contribution in [1.29, 1.82) is 0 Å². The van der Waals surface area contributed by atoms with Crippen LogP contribution in [-0.4, -0.2) is 32.6 Å². The van der Waals surface area contributed by atoms with Crippen molar-refractivity contribution in [2.24, 2.45) is 5.73 Å². The first-order chi connectivity index (χ1) is 12.1. The third kappa shape index (κ3) is 3.01. The van der Waals surface area contributed by atoms with E-state index in [2.05, 4.69) is 4.98 Å². The lowest BCUT2D eigenvalue weighted by Gasteiger charge is -2.17. The fourth-order valence-corrected chi connectivity index (χ4v) is 3.14. The number of carbonyl (C=O) groups excluding carboxylic acids is 1. The van der Waals surface area contributed by atoms with E-state index >= 15 is 0 Å². The summed E-state index contributed by atoms with van der Waals surface area (Å²) in [5, 5.41) is 0.361. The number of benzene rings is 1. The van der Waals surface area contributed by atoms with Crippen LogP contribution < -0.4 is 10.0 Å². The number of rotatable bonds is 4. The fraction of sp³-hybridized carbons (Fsp3) is 0.176. The Hall–Kier alpha value is -2.94. The molecule has 0 aliphatic rings. The lowest BCUT2D eigenvalue weighted by Crippen LogP contribution is -2.26. The first-order valence-corrected chi connectivity index (χ1v) is 9.38. The molecular formula is C17H16FN3O4S. The highest BCUT2D eigenvalue weighted by molar-refractivity contribution is 7.92. The molecule has 0 bridgehead atoms. The predicted molar refractivity (Wildman–Crippen MR) is 95.9 cm³/mol. The van der Waals surface area contributed by atoms with Gasteiger partial charge in [0.15, 0.2) is 0 Å². The number of hydrogen-bond acceptors (Lipinski definition) is 5. The third-order valence-corrected chi connectivity index (χ3v) is 5.16. The van der Waals surface area contributed by atoms with Gasteiger partial charge in [0.2, 0.25) is 15.7 Å². The van der Waals surface area contributed by atoms with Crippen LogP contribution in [0.1, 0.15) is 15.9 Å². The van der Waals surface area contributed by atoms with Crippen LogP contribution in [0.2, 0.25) is 0 Å². The quantitative estimate of drug-likeness (QED) is 0.751. The van der Waals surface area contributed by atoms with E-state index in [4.69, 9.17) is 10.2 Å². The number of nitrogens with zero attached hydrogens (tertiary/aromatic N) is 2. The third-order valence-electron chi connectivity index (χ3n) is 4.00. The van der Waals surface area contributed by atoms with Crippen LogP contribution in [0, 0.1) is 12.7 Å². The van der Waals surface area contributed by atoms with E-state index in [1.54, 1.807) is 13.0 Å². The molecule has 2 aromatic heterocycles. The van der Waals surface area contributed by atoms with Gasteiger partial charge in [-0.25, -0.2) is 12.8 Å². The number of primary amides is 1. The number of furan rings is 1. The van der Waals surface area contributed by atoms with Gasteiger partial charge in [0.25, 0.3) is 5.91 Å². The summed E-state index contributed by atoms with van der Waals surface area (Å²) in [6.45, 7) is 1.67. The molecule has 0 aliphatic carbocycles. The van der Waals surface area contributed by atoms with Gasteiger partial charge in [-0.1, -0.05) is 0 Å². The molecule has 1 amide bonds. The molecule has 9 heteroatoms. The number of aromatic nitrogens is 1. The molecule has 2 N–H and O–H groups in total. The second-order valence-electron chi connectivity index (χ2n) is 5.89. The highest BCUT2D eigenvalue weighted by Gasteiger charge is 2.24. The van der Waals surface area contributed by atoms with Crippen molar-refractivity contribution < 1.29 is 22.0 Å². The normalized spacial score (nSPS) is 11.7. The van der Waals surface area contributed by atoms with Gasteiger partial charge in [-0.3, -0.25) is 9.10 Å². The lowest BCUT2D eigenvalue weighted by molar-refractivity contribution is 0.100. The minimum Gasteiger partial charge on any atom is -0.437 e. The van der Waals surface area contributed by atoms with E-state index in [-0.39, 0.29) is 22.9 Å². The van der Waals surface area contributed by atoms with Crippen molar-refractivity contribution in [3.8, 4) is 11.3 Å². The summed E-state index contributed by atoms with van der Waals surface area (Å²) < 4.78 is 43.5. The maximum absolute atomic E-state index is 13.2. The first-order valence-electron chi connectivity index (χ1n) is 7.53. The van der Waals surface area contributed by atoms with E-state index in [9.17, 15) is 17.6 Å². The second-order valence-corrected chi connectivity index (χ2v) is 7.90. The summed E-state index contributed by atoms with van der Waals surface area (Å²) in [6.07, 6.45) is 1.05. The van der Waals surface area contributed by atoms with Gasteiger partial charge in [-0.15, -0.1) is 0 Å². The maximum Gasteiger partial charge on any atom is 0.253 e. The van der Waals surface area contributed by atoms with Crippen molar-refractivity contribution >= 4 is 32.8 Å². The van der Waals surface area contributed by atoms with Crippen LogP contribution in [0.4, 0.5) is 10.2 Å². The van der Waals surface area contributed by atoms with E-state index in [1.807, 2.05) is 0 Å². The molecule has 0 radical (unpaired) electrons. The van der Waals surface area contributed by atoms with Crippen molar-refractivity contribution in [1.82, 2.24) is 4.98 Å². The SMILES string of the molecule is Cc1cc2c(C(N)=O)c(-c3ccc(F)cc3)oc2nc1N(C)S(C)(=O)=O. The molecule has 0 spiro atoms. The Kier molecular flexibility index (Phi) is 4.19. The molecule has 3 rings (SSSR count). The van der Waals surface area contributed by atoms with E-state index in [0.717, 1.165) is 10.6 Å². The zero-order chi connectivity index (χ0) is 19.2. The van der Waals surface area contributed by atoms with Gasteiger partial charge in [0.05, 0.1) is 17.2 Å². The second kappa shape index (κ2) is 6.10. The Labute approximate surface area is 149 Å². The molecule has 0 atom stereocenters. The topological polar surface area (TPSA) is 106 Å². The molecule has 1 aromatic carbocycles. The lowest BCUT2D eigenvalue weighted by atomic mass is 10.0. The molecular weight excluding hydrogens is 361 g/mol. The Morgan fingerprint density at radius 2 is 1.88 bits per heavy atom. The zero-order valence-electron chi connectivity index (χ0n) is 14.3. The number of hydrogen-bond donors (Lipinski definition) is 1. The Balaban J connectivity index is 2.30. The number of sulfonamides is 1. The number of carbonyl (C=O) groups is 1. The minimum absolute atomic E-state index is 0.0641. The summed E-state index contributed by atoms with van der Waals surface area (Å²) in [4.78, 5) is 16.2. The first kappa shape index (κ1) is 17.9. The van der Waals surface area contributed by atoms with Crippen molar-refractivity contribution in [2.45, 2.75) is 6.92 Å². The molecule has 0 aliphatic heterocycles. The van der Waals surface area contributed by atoms with Crippen LogP contribution in [-0.2, 0) is 10.0 Å². The van der Waals surface area contributed by atoms with Crippen molar-refractivity contribution in [3.05, 3.63) is 47.3 Å². The van der Waals surface area contributed by atoms with Crippen molar-refractivity contribution in [2.75, 3.05) is 17.6 Å². The monoisotopic (exact) mass is 377 g/mol. The molecule has 0 saturated carbocycles. The summed E-state index contributed by atoms with van der Waals surface area (Å²) in [5.74, 6) is -0.834. The summed E-state index contributed by atoms with van der Waals surface area (Å²) >= 11 is 0. The number of halogens is 1. The minimum atomic E-state index is -3.53. The van der Waals surface area contributed by atoms with Crippen LogP contribution in [0.3, 0.4) is 0 Å². The van der Waals surface area contributed by atoms with Crippen molar-refractivity contribution in [3.63, 3.8) is 0 Å². The van der Waals surface area contributed by atoms with Crippen LogP contribution in [0.15, 0.2) is 34.7 Å². The largest absolute Gasteiger partial charge is 0.437 e. The molecule has 0 saturated heterocycles. The standard InChI is InChI=1S/C17H16FN3O4S/c1-9-8-12-13(15(19)22)14(10-4-6-11(18)7-5-10)25-17(12)20-16(9)21(2)26(3,23)24/h4-8H,1-3H3,(H2,19,22). The molecule has 136 valence electrons. The predicted octanol–water partition coefficient (Wildman–Crippen LogP) is 2.44. The van der Waals surface area contributed by atoms with Gasteiger partial charge in [0, 0.05) is 12.6 Å². The van der Waals surface area contributed by atoms with Gasteiger partial charge in [0.1, 0.15) is 17.4 Å². The van der Waals surface area contributed by atoms with E-state index in [0.29, 0.717) is 16.5 Å². The van der Waals surface area contributed by atoms with Crippen LogP contribution in [0.25, 0.3) is 22.4 Å². The number of fused-ring (bicyclic) bond motifs is 1. The molecule has 7 nitrogen and oxygen atoms in total. The van der Waals surface area contributed by atoms with E-state index in [1.165, 1.54) is 31.3 Å². The van der Waals surface area contributed by atoms with Gasteiger partial charge in [-0.05, 0) is 42.8 Å². The number of pyridine rings is 1. The Morgan fingerprint density at radius 1 is 1.27 bits per heavy atom. The highest BCUT2D eigenvalue weighted by atomic mass is 32.2. The number of amides is 1. The smallest absolute Gasteiger partial charge is 0.253 e. The highest BCUT2D eigenvalue weighted by Crippen LogP contribution is 2.35. The summed E-state index contributed by atoms with van der Waals surface area (Å²) in [5.41, 5.74) is 6.65. The van der Waals surface area contributed by atoms with Gasteiger partial charge in [-0.2, -0.15) is 4.98 Å². The Morgan fingerprint density at radius 3 is 2.42 bits per heavy atom. The van der Waals surface area contributed by atoms with Gasteiger partial charge < -0.3 is 10.2 Å². The molecule has 0 unspecified atom stereocenters. The Bertz CT molecular complexity index is 1120. The molecule has 0 fully saturated rings. The molecule has 26 heavy (non-hydrogen) atoms. The number of aryl methyl sites for hydroxylation is 1. The average Bonchev–Trinajstić information content (AvgIpc) is 2.91. The summed E-state index contributed by atoms with van der Waals surface area (Å²) in [6, 6.07) is 6.96. The summed E-state index contributed by atoms with van der Waals surface area (Å²) in [7, 11) is -2.16. The molecule has 2 heterocycles. The average molecular weight is 377 g/mol. The fourth-order valence-electron chi connectivity index (χ4n) is 2.64. The van der Waals surface area contributed by atoms with Crippen LogP contribution >= 0.6 is 0 Å². The van der Waals surface area contributed by atoms with Gasteiger partial charge >= 0.3 is 0 Å². The number of nitrogens with two attached hydrogens (primary N) is 1.